The molecule has 0 saturated carbocycles. The van der Waals surface area contributed by atoms with E-state index in [0.29, 0.717) is 6.42 Å². The van der Waals surface area contributed by atoms with Crippen LogP contribution in [-0.2, 0) is 11.2 Å². The van der Waals surface area contributed by atoms with Crippen LogP contribution in [0.2, 0.25) is 0 Å². The number of hydrogen-bond acceptors (Lipinski definition) is 2. The number of nitrogens with one attached hydrogen (secondary N) is 1. The molecule has 0 heterocycles. The average Bonchev–Trinajstić information content (AvgIpc) is 2.27. The van der Waals surface area contributed by atoms with Gasteiger partial charge in [-0.1, -0.05) is 12.1 Å². The Morgan fingerprint density at radius 3 is 2.53 bits per heavy atom. The molecule has 1 aromatic rings. The van der Waals surface area contributed by atoms with Crippen molar-refractivity contribution in [2.45, 2.75) is 6.42 Å². The summed E-state index contributed by atoms with van der Waals surface area (Å²) in [5, 5.41) is 2.55. The van der Waals surface area contributed by atoms with E-state index in [9.17, 15) is 9.18 Å². The molecular weight excluding hydrogens is 195 g/mol. The highest BCUT2D eigenvalue weighted by atomic mass is 19.1. The zero-order chi connectivity index (χ0) is 11.3. The van der Waals surface area contributed by atoms with Gasteiger partial charge in [0.05, 0.1) is 5.92 Å². The van der Waals surface area contributed by atoms with Crippen LogP contribution in [0.15, 0.2) is 24.3 Å². The summed E-state index contributed by atoms with van der Waals surface area (Å²) >= 11 is 0. The number of carbonyl (C=O) groups is 1. The number of carbonyl (C=O) groups excluding carboxylic acids is 1. The zero-order valence-electron chi connectivity index (χ0n) is 8.66. The second-order valence-electron chi connectivity index (χ2n) is 3.38. The molecule has 1 rings (SSSR count). The van der Waals surface area contributed by atoms with Crippen molar-refractivity contribution in [3.05, 3.63) is 35.6 Å². The molecule has 0 fully saturated rings. The van der Waals surface area contributed by atoms with Crippen molar-refractivity contribution in [3.63, 3.8) is 0 Å². The second-order valence-corrected chi connectivity index (χ2v) is 3.38. The van der Waals surface area contributed by atoms with Crippen molar-refractivity contribution in [2.75, 3.05) is 13.6 Å². The Morgan fingerprint density at radius 2 is 2.07 bits per heavy atom. The van der Waals surface area contributed by atoms with E-state index in [2.05, 4.69) is 5.32 Å². The average molecular weight is 210 g/mol. The Kier molecular flexibility index (Phi) is 4.24. The molecular formula is C11H15FN2O. The van der Waals surface area contributed by atoms with Crippen molar-refractivity contribution in [1.29, 1.82) is 0 Å². The maximum absolute atomic E-state index is 12.6. The van der Waals surface area contributed by atoms with Gasteiger partial charge < -0.3 is 11.1 Å². The molecule has 0 bridgehead atoms. The van der Waals surface area contributed by atoms with Gasteiger partial charge in [0.1, 0.15) is 5.82 Å². The van der Waals surface area contributed by atoms with E-state index in [1.807, 2.05) is 0 Å². The predicted octanol–water partition coefficient (Wildman–Crippen LogP) is 0.689. The molecule has 1 amide bonds. The highest BCUT2D eigenvalue weighted by molar-refractivity contribution is 5.78. The van der Waals surface area contributed by atoms with Crippen LogP contribution in [0.3, 0.4) is 0 Å². The highest BCUT2D eigenvalue weighted by Gasteiger charge is 2.15. The maximum atomic E-state index is 12.6. The minimum absolute atomic E-state index is 0.0816. The largest absolute Gasteiger partial charge is 0.359 e. The molecule has 3 nitrogen and oxygen atoms in total. The molecule has 3 N–H and O–H groups in total. The van der Waals surface area contributed by atoms with Crippen LogP contribution in [-0.4, -0.2) is 19.5 Å². The monoisotopic (exact) mass is 210 g/mol. The van der Waals surface area contributed by atoms with Crippen LogP contribution in [0.25, 0.3) is 0 Å². The SMILES string of the molecule is CNC(=O)[C@H](CN)Cc1ccc(F)cc1. The van der Waals surface area contributed by atoms with Gasteiger partial charge in [-0.3, -0.25) is 4.79 Å². The van der Waals surface area contributed by atoms with Crippen molar-refractivity contribution >= 4 is 5.91 Å². The van der Waals surface area contributed by atoms with Gasteiger partial charge in [0.15, 0.2) is 0 Å². The fourth-order valence-electron chi connectivity index (χ4n) is 1.39. The van der Waals surface area contributed by atoms with Gasteiger partial charge in [-0.05, 0) is 24.1 Å². The number of halogens is 1. The minimum atomic E-state index is -0.275. The Bertz CT molecular complexity index is 324. The molecule has 0 saturated heterocycles. The van der Waals surface area contributed by atoms with Gasteiger partial charge in [0.25, 0.3) is 0 Å². The molecule has 1 aromatic carbocycles. The van der Waals surface area contributed by atoms with E-state index in [1.54, 1.807) is 19.2 Å². The lowest BCUT2D eigenvalue weighted by atomic mass is 9.99. The third-order valence-electron chi connectivity index (χ3n) is 2.30. The smallest absolute Gasteiger partial charge is 0.224 e. The normalized spacial score (nSPS) is 12.2. The van der Waals surface area contributed by atoms with Crippen LogP contribution >= 0.6 is 0 Å². The fourth-order valence-corrected chi connectivity index (χ4v) is 1.39. The minimum Gasteiger partial charge on any atom is -0.359 e. The molecule has 1 atom stereocenters. The maximum Gasteiger partial charge on any atom is 0.224 e. The summed E-state index contributed by atoms with van der Waals surface area (Å²) in [6, 6.07) is 6.10. The lowest BCUT2D eigenvalue weighted by molar-refractivity contribution is -0.124. The third-order valence-corrected chi connectivity index (χ3v) is 2.30. The predicted molar refractivity (Wildman–Crippen MR) is 56.7 cm³/mol. The standard InChI is InChI=1S/C11H15FN2O/c1-14-11(15)9(7-13)6-8-2-4-10(12)5-3-8/h2-5,9H,6-7,13H2,1H3,(H,14,15)/t9-/m0/s1. The summed E-state index contributed by atoms with van der Waals surface area (Å²) in [4.78, 5) is 11.3. The summed E-state index contributed by atoms with van der Waals surface area (Å²) in [6.45, 7) is 0.289. The quantitative estimate of drug-likeness (QED) is 0.768. The first-order valence-electron chi connectivity index (χ1n) is 4.83. The van der Waals surface area contributed by atoms with E-state index >= 15 is 0 Å². The summed E-state index contributed by atoms with van der Waals surface area (Å²) in [5.74, 6) is -0.606. The van der Waals surface area contributed by atoms with Crippen LogP contribution in [0, 0.1) is 11.7 Å². The van der Waals surface area contributed by atoms with E-state index in [0.717, 1.165) is 5.56 Å². The molecule has 0 unspecified atom stereocenters. The van der Waals surface area contributed by atoms with Gasteiger partial charge >= 0.3 is 0 Å². The molecule has 82 valence electrons. The summed E-state index contributed by atoms with van der Waals surface area (Å²) in [7, 11) is 1.58. The Labute approximate surface area is 88.5 Å². The van der Waals surface area contributed by atoms with Gasteiger partial charge in [-0.25, -0.2) is 4.39 Å². The third kappa shape index (κ3) is 3.32. The van der Waals surface area contributed by atoms with Crippen LogP contribution in [0.4, 0.5) is 4.39 Å². The van der Waals surface area contributed by atoms with E-state index in [4.69, 9.17) is 5.73 Å². The molecule has 0 spiro atoms. The highest BCUT2D eigenvalue weighted by Crippen LogP contribution is 2.09. The number of rotatable bonds is 4. The molecule has 0 aromatic heterocycles. The van der Waals surface area contributed by atoms with Crippen molar-refractivity contribution in [1.82, 2.24) is 5.32 Å². The van der Waals surface area contributed by atoms with E-state index in [1.165, 1.54) is 12.1 Å². The number of benzene rings is 1. The van der Waals surface area contributed by atoms with E-state index < -0.39 is 0 Å². The summed E-state index contributed by atoms with van der Waals surface area (Å²) < 4.78 is 12.6. The molecule has 0 aliphatic carbocycles. The van der Waals surface area contributed by atoms with Gasteiger partial charge in [0, 0.05) is 13.6 Å². The summed E-state index contributed by atoms with van der Waals surface area (Å²) in [6.07, 6.45) is 0.538. The van der Waals surface area contributed by atoms with Crippen molar-refractivity contribution < 1.29 is 9.18 Å². The lowest BCUT2D eigenvalue weighted by Crippen LogP contribution is -2.34. The first kappa shape index (κ1) is 11.7. The van der Waals surface area contributed by atoms with Crippen LogP contribution in [0.5, 0.6) is 0 Å². The summed E-state index contributed by atoms with van der Waals surface area (Å²) in [5.41, 5.74) is 6.40. The van der Waals surface area contributed by atoms with Gasteiger partial charge in [-0.15, -0.1) is 0 Å². The topological polar surface area (TPSA) is 55.1 Å². The number of amides is 1. The Hall–Kier alpha value is -1.42. The molecule has 0 aliphatic rings. The Morgan fingerprint density at radius 1 is 1.47 bits per heavy atom. The first-order chi connectivity index (χ1) is 7.17. The van der Waals surface area contributed by atoms with Gasteiger partial charge in [0.2, 0.25) is 5.91 Å². The van der Waals surface area contributed by atoms with Gasteiger partial charge in [-0.2, -0.15) is 0 Å². The van der Waals surface area contributed by atoms with Crippen molar-refractivity contribution in [3.8, 4) is 0 Å². The van der Waals surface area contributed by atoms with E-state index in [-0.39, 0.29) is 24.2 Å². The zero-order valence-corrected chi connectivity index (χ0v) is 8.66. The Balaban J connectivity index is 2.66. The molecule has 0 aliphatic heterocycles. The molecule has 0 radical (unpaired) electrons. The number of nitrogens with two attached hydrogens (primary N) is 1. The van der Waals surface area contributed by atoms with Crippen LogP contribution in [0.1, 0.15) is 5.56 Å². The number of hydrogen-bond donors (Lipinski definition) is 2. The van der Waals surface area contributed by atoms with Crippen LogP contribution < -0.4 is 11.1 Å². The fraction of sp³-hybridized carbons (Fsp3) is 0.364. The second kappa shape index (κ2) is 5.46. The first-order valence-corrected chi connectivity index (χ1v) is 4.83. The lowest BCUT2D eigenvalue weighted by Gasteiger charge is -2.12. The van der Waals surface area contributed by atoms with Crippen molar-refractivity contribution in [2.24, 2.45) is 11.7 Å². The molecule has 15 heavy (non-hydrogen) atoms. The molecule has 4 heteroatoms.